The van der Waals surface area contributed by atoms with Gasteiger partial charge in [0.25, 0.3) is 11.6 Å². The van der Waals surface area contributed by atoms with Crippen molar-refractivity contribution in [2.75, 3.05) is 20.2 Å². The molecule has 0 atom stereocenters. The van der Waals surface area contributed by atoms with Crippen LogP contribution in [0.15, 0.2) is 42.6 Å². The van der Waals surface area contributed by atoms with Gasteiger partial charge in [0.15, 0.2) is 5.69 Å². The highest BCUT2D eigenvalue weighted by atomic mass is 16.5. The van der Waals surface area contributed by atoms with Gasteiger partial charge < -0.3 is 9.64 Å². The second-order valence-corrected chi connectivity index (χ2v) is 7.22. The van der Waals surface area contributed by atoms with Gasteiger partial charge in [-0.25, -0.2) is 4.57 Å². The highest BCUT2D eigenvalue weighted by Gasteiger charge is 2.25. The number of piperidine rings is 1. The third-order valence-corrected chi connectivity index (χ3v) is 5.59. The number of imidazole rings is 1. The maximum absolute atomic E-state index is 13.0. The first-order valence-corrected chi connectivity index (χ1v) is 9.54. The number of fused-ring (bicyclic) bond motifs is 1. The average molecular weight is 364 g/mol. The molecule has 0 saturated carbocycles. The van der Waals surface area contributed by atoms with Crippen molar-refractivity contribution < 1.29 is 14.1 Å². The molecule has 27 heavy (non-hydrogen) atoms. The number of nitrogens with zero attached hydrogens (tertiary/aromatic N) is 3. The molecule has 1 aliphatic heterocycles. The minimum absolute atomic E-state index is 0.127. The van der Waals surface area contributed by atoms with Crippen molar-refractivity contribution in [2.45, 2.75) is 26.2 Å². The molecule has 1 amide bonds. The quantitative estimate of drug-likeness (QED) is 0.668. The molecule has 0 bridgehead atoms. The van der Waals surface area contributed by atoms with E-state index in [4.69, 9.17) is 4.74 Å². The first kappa shape index (κ1) is 17.6. The highest BCUT2D eigenvalue weighted by molar-refractivity contribution is 5.94. The Morgan fingerprint density at radius 2 is 1.89 bits per heavy atom. The Balaban J connectivity index is 1.83. The molecule has 0 spiro atoms. The number of likely N-dealkylation sites (tertiary alicyclic amines) is 1. The molecular weight excluding hydrogens is 338 g/mol. The third-order valence-electron chi connectivity index (χ3n) is 5.59. The molecule has 3 aromatic rings. The molecule has 4 rings (SSSR count). The van der Waals surface area contributed by atoms with Gasteiger partial charge in [0.05, 0.1) is 19.7 Å². The zero-order chi connectivity index (χ0) is 19.0. The first-order chi connectivity index (χ1) is 13.1. The van der Waals surface area contributed by atoms with Gasteiger partial charge in [0, 0.05) is 31.6 Å². The van der Waals surface area contributed by atoms with Crippen molar-refractivity contribution in [2.24, 2.45) is 7.05 Å². The molecule has 1 aromatic carbocycles. The van der Waals surface area contributed by atoms with Gasteiger partial charge >= 0.3 is 0 Å². The van der Waals surface area contributed by atoms with E-state index in [2.05, 4.69) is 29.0 Å². The van der Waals surface area contributed by atoms with Crippen molar-refractivity contribution in [3.63, 3.8) is 0 Å². The summed E-state index contributed by atoms with van der Waals surface area (Å²) in [6, 6.07) is 12.0. The van der Waals surface area contributed by atoms with Crippen LogP contribution in [-0.4, -0.2) is 35.4 Å². The van der Waals surface area contributed by atoms with Gasteiger partial charge in [-0.3, -0.25) is 4.79 Å². The SMILES string of the molecule is COc1cccc(-c2c(C)[n+](C)c3ccc(C(=O)N4CCCCC4)cn23)c1. The lowest BCUT2D eigenvalue weighted by Crippen LogP contribution is -2.35. The molecule has 5 heteroatoms. The average Bonchev–Trinajstić information content (AvgIpc) is 2.98. The largest absolute Gasteiger partial charge is 0.497 e. The predicted octanol–water partition coefficient (Wildman–Crippen LogP) is 3.37. The van der Waals surface area contributed by atoms with Gasteiger partial charge in [0.1, 0.15) is 17.6 Å². The summed E-state index contributed by atoms with van der Waals surface area (Å²) in [5.41, 5.74) is 5.10. The number of ether oxygens (including phenoxy) is 1. The van der Waals surface area contributed by atoms with Crippen LogP contribution in [0.25, 0.3) is 16.9 Å². The molecule has 1 fully saturated rings. The maximum atomic E-state index is 13.0. The van der Waals surface area contributed by atoms with Crippen molar-refractivity contribution >= 4 is 11.6 Å². The van der Waals surface area contributed by atoms with E-state index in [1.165, 1.54) is 6.42 Å². The molecule has 5 nitrogen and oxygen atoms in total. The standard InChI is InChI=1S/C22H26N3O2/c1-16-21(17-8-7-9-19(14-17)27-3)25-15-18(10-11-20(25)23(16)2)22(26)24-12-5-4-6-13-24/h7-11,14-15H,4-6,12-13H2,1-3H3/q+1. The Bertz CT molecular complexity index is 1000. The summed E-state index contributed by atoms with van der Waals surface area (Å²) in [6.45, 7) is 3.82. The van der Waals surface area contributed by atoms with E-state index in [0.717, 1.165) is 59.8 Å². The molecule has 1 saturated heterocycles. The lowest BCUT2D eigenvalue weighted by molar-refractivity contribution is -0.650. The molecule has 0 N–H and O–H groups in total. The zero-order valence-electron chi connectivity index (χ0n) is 16.2. The first-order valence-electron chi connectivity index (χ1n) is 9.54. The Morgan fingerprint density at radius 3 is 2.63 bits per heavy atom. The monoisotopic (exact) mass is 364 g/mol. The summed E-state index contributed by atoms with van der Waals surface area (Å²) in [5, 5.41) is 0. The lowest BCUT2D eigenvalue weighted by Gasteiger charge is -2.26. The van der Waals surface area contributed by atoms with Gasteiger partial charge in [0.2, 0.25) is 0 Å². The normalized spacial score (nSPS) is 14.6. The molecule has 0 unspecified atom stereocenters. The smallest absolute Gasteiger partial charge is 0.286 e. The minimum Gasteiger partial charge on any atom is -0.497 e. The van der Waals surface area contributed by atoms with E-state index in [-0.39, 0.29) is 5.91 Å². The van der Waals surface area contributed by atoms with Crippen LogP contribution in [0.2, 0.25) is 0 Å². The maximum Gasteiger partial charge on any atom is 0.286 e. The number of amides is 1. The van der Waals surface area contributed by atoms with Crippen molar-refractivity contribution in [1.29, 1.82) is 0 Å². The Labute approximate surface area is 159 Å². The molecule has 1 aliphatic rings. The summed E-state index contributed by atoms with van der Waals surface area (Å²) in [7, 11) is 3.73. The Hall–Kier alpha value is -2.82. The van der Waals surface area contributed by atoms with E-state index in [0.29, 0.717) is 0 Å². The Kier molecular flexibility index (Phi) is 4.60. The van der Waals surface area contributed by atoms with Crippen LogP contribution in [0, 0.1) is 6.92 Å². The minimum atomic E-state index is 0.127. The van der Waals surface area contributed by atoms with Gasteiger partial charge in [-0.1, -0.05) is 12.1 Å². The summed E-state index contributed by atoms with van der Waals surface area (Å²) in [5.74, 6) is 0.951. The van der Waals surface area contributed by atoms with Crippen LogP contribution in [0.5, 0.6) is 5.75 Å². The third kappa shape index (κ3) is 3.07. The molecule has 0 aliphatic carbocycles. The van der Waals surface area contributed by atoms with Gasteiger partial charge in [-0.15, -0.1) is 0 Å². The number of carbonyl (C=O) groups is 1. The second-order valence-electron chi connectivity index (χ2n) is 7.22. The number of carbonyl (C=O) groups excluding carboxylic acids is 1. The zero-order valence-corrected chi connectivity index (χ0v) is 16.2. The number of rotatable bonds is 3. The lowest BCUT2D eigenvalue weighted by atomic mass is 10.1. The molecule has 2 aromatic heterocycles. The van der Waals surface area contributed by atoms with Crippen LogP contribution in [-0.2, 0) is 7.05 Å². The van der Waals surface area contributed by atoms with Gasteiger partial charge in [-0.2, -0.15) is 4.40 Å². The van der Waals surface area contributed by atoms with E-state index in [1.807, 2.05) is 41.4 Å². The second kappa shape index (κ2) is 7.06. The molecule has 3 heterocycles. The summed E-state index contributed by atoms with van der Waals surface area (Å²) in [4.78, 5) is 14.9. The number of aryl methyl sites for hydroxylation is 1. The number of hydrogen-bond acceptors (Lipinski definition) is 2. The fraction of sp³-hybridized carbons (Fsp3) is 0.364. The fourth-order valence-corrected chi connectivity index (χ4v) is 3.97. The fourth-order valence-electron chi connectivity index (χ4n) is 3.97. The van der Waals surface area contributed by atoms with Crippen LogP contribution in [0.4, 0.5) is 0 Å². The van der Waals surface area contributed by atoms with E-state index in [9.17, 15) is 4.79 Å². The van der Waals surface area contributed by atoms with Crippen LogP contribution in [0.1, 0.15) is 35.3 Å². The van der Waals surface area contributed by atoms with Crippen molar-refractivity contribution in [3.8, 4) is 17.0 Å². The molecule has 0 radical (unpaired) electrons. The topological polar surface area (TPSA) is 37.8 Å². The predicted molar refractivity (Wildman–Crippen MR) is 105 cm³/mol. The highest BCUT2D eigenvalue weighted by Crippen LogP contribution is 2.27. The summed E-state index contributed by atoms with van der Waals surface area (Å²) in [6.07, 6.45) is 5.39. The van der Waals surface area contributed by atoms with Crippen LogP contribution >= 0.6 is 0 Å². The van der Waals surface area contributed by atoms with Gasteiger partial charge in [-0.05, 0) is 37.5 Å². The number of benzene rings is 1. The number of methoxy groups -OCH3 is 1. The number of pyridine rings is 1. The van der Waals surface area contributed by atoms with E-state index >= 15 is 0 Å². The summed E-state index contributed by atoms with van der Waals surface area (Å²) < 4.78 is 9.68. The molecule has 140 valence electrons. The van der Waals surface area contributed by atoms with Crippen molar-refractivity contribution in [1.82, 2.24) is 9.30 Å². The number of aromatic nitrogens is 2. The summed E-state index contributed by atoms with van der Waals surface area (Å²) >= 11 is 0. The molecular formula is C22H26N3O2+. The van der Waals surface area contributed by atoms with Crippen LogP contribution < -0.4 is 9.30 Å². The van der Waals surface area contributed by atoms with E-state index in [1.54, 1.807) is 7.11 Å². The Morgan fingerprint density at radius 1 is 1.11 bits per heavy atom. The van der Waals surface area contributed by atoms with E-state index < -0.39 is 0 Å². The number of hydrogen-bond donors (Lipinski definition) is 0. The van der Waals surface area contributed by atoms with Crippen LogP contribution in [0.3, 0.4) is 0 Å². The van der Waals surface area contributed by atoms with Crippen molar-refractivity contribution in [3.05, 3.63) is 53.9 Å².